The quantitative estimate of drug-likeness (QED) is 0.417. The molecule has 4 rings (SSSR count). The molecule has 1 amide bonds. The molecule has 6 nitrogen and oxygen atoms in total. The monoisotopic (exact) mass is 414 g/mol. The van der Waals surface area contributed by atoms with Gasteiger partial charge in [0, 0.05) is 25.4 Å². The molecule has 1 N–H and O–H groups in total. The highest BCUT2D eigenvalue weighted by Gasteiger charge is 2.11. The molecule has 0 radical (unpaired) electrons. The highest BCUT2D eigenvalue weighted by Crippen LogP contribution is 2.18. The van der Waals surface area contributed by atoms with Gasteiger partial charge in [-0.3, -0.25) is 9.78 Å². The Morgan fingerprint density at radius 1 is 1.06 bits per heavy atom. The number of pyridine rings is 1. The number of aryl methyl sites for hydroxylation is 2. The van der Waals surface area contributed by atoms with Crippen LogP contribution in [0, 0.1) is 6.92 Å². The summed E-state index contributed by atoms with van der Waals surface area (Å²) in [5, 5.41) is 2.95. The SMILES string of the molecule is Cc1ccc(OCCn2c(CCCNC(=O)c3cccnc3)nc3ccccc32)cc1. The number of ether oxygens (including phenoxy) is 1. The normalized spacial score (nSPS) is 10.9. The molecule has 0 unspecified atom stereocenters. The van der Waals surface area contributed by atoms with E-state index in [4.69, 9.17) is 9.72 Å². The summed E-state index contributed by atoms with van der Waals surface area (Å²) in [6.07, 6.45) is 4.80. The van der Waals surface area contributed by atoms with Crippen molar-refractivity contribution >= 4 is 16.9 Å². The summed E-state index contributed by atoms with van der Waals surface area (Å²) in [5.41, 5.74) is 3.87. The maximum Gasteiger partial charge on any atom is 0.252 e. The zero-order valence-electron chi connectivity index (χ0n) is 17.6. The van der Waals surface area contributed by atoms with Gasteiger partial charge < -0.3 is 14.6 Å². The van der Waals surface area contributed by atoms with Gasteiger partial charge in [-0.05, 0) is 49.7 Å². The van der Waals surface area contributed by atoms with Gasteiger partial charge in [-0.15, -0.1) is 0 Å². The number of nitrogens with zero attached hydrogens (tertiary/aromatic N) is 3. The third-order valence-corrected chi connectivity index (χ3v) is 5.12. The topological polar surface area (TPSA) is 69.0 Å². The summed E-state index contributed by atoms with van der Waals surface area (Å²) in [7, 11) is 0. The highest BCUT2D eigenvalue weighted by atomic mass is 16.5. The Morgan fingerprint density at radius 3 is 2.71 bits per heavy atom. The smallest absolute Gasteiger partial charge is 0.252 e. The second kappa shape index (κ2) is 9.89. The highest BCUT2D eigenvalue weighted by molar-refractivity contribution is 5.93. The minimum Gasteiger partial charge on any atom is -0.492 e. The molecule has 0 aliphatic heterocycles. The lowest BCUT2D eigenvalue weighted by Crippen LogP contribution is -2.25. The van der Waals surface area contributed by atoms with Gasteiger partial charge in [0.2, 0.25) is 0 Å². The lowest BCUT2D eigenvalue weighted by atomic mass is 10.2. The molecular formula is C25H26N4O2. The van der Waals surface area contributed by atoms with E-state index in [1.165, 1.54) is 5.56 Å². The van der Waals surface area contributed by atoms with Crippen LogP contribution in [-0.2, 0) is 13.0 Å². The average Bonchev–Trinajstić information content (AvgIpc) is 3.16. The number of para-hydroxylation sites is 2. The summed E-state index contributed by atoms with van der Waals surface area (Å²) in [4.78, 5) is 21.0. The first-order chi connectivity index (χ1) is 15.2. The van der Waals surface area contributed by atoms with Crippen molar-refractivity contribution in [3.63, 3.8) is 0 Å². The number of carbonyl (C=O) groups is 1. The van der Waals surface area contributed by atoms with Gasteiger partial charge in [0.1, 0.15) is 18.2 Å². The summed E-state index contributed by atoms with van der Waals surface area (Å²) in [6.45, 7) is 3.92. The van der Waals surface area contributed by atoms with Crippen LogP contribution in [0.2, 0.25) is 0 Å². The summed E-state index contributed by atoms with van der Waals surface area (Å²) < 4.78 is 8.15. The van der Waals surface area contributed by atoms with Crippen LogP contribution in [-0.4, -0.2) is 33.6 Å². The van der Waals surface area contributed by atoms with E-state index in [0.29, 0.717) is 25.3 Å². The van der Waals surface area contributed by atoms with Crippen molar-refractivity contribution in [3.8, 4) is 5.75 Å². The molecule has 0 saturated heterocycles. The number of amides is 1. The van der Waals surface area contributed by atoms with Gasteiger partial charge in [-0.2, -0.15) is 0 Å². The molecule has 2 aromatic heterocycles. The van der Waals surface area contributed by atoms with Crippen LogP contribution >= 0.6 is 0 Å². The van der Waals surface area contributed by atoms with E-state index in [0.717, 1.165) is 35.4 Å². The van der Waals surface area contributed by atoms with Crippen molar-refractivity contribution < 1.29 is 9.53 Å². The van der Waals surface area contributed by atoms with Crippen molar-refractivity contribution in [1.82, 2.24) is 19.9 Å². The van der Waals surface area contributed by atoms with Crippen LogP contribution < -0.4 is 10.1 Å². The van der Waals surface area contributed by atoms with Crippen LogP contribution in [0.15, 0.2) is 73.1 Å². The Hall–Kier alpha value is -3.67. The van der Waals surface area contributed by atoms with E-state index < -0.39 is 0 Å². The number of nitrogens with one attached hydrogen (secondary N) is 1. The Bertz CT molecular complexity index is 1140. The number of aromatic nitrogens is 3. The fourth-order valence-electron chi connectivity index (χ4n) is 3.50. The van der Waals surface area contributed by atoms with E-state index in [9.17, 15) is 4.79 Å². The molecule has 158 valence electrons. The lowest BCUT2D eigenvalue weighted by Gasteiger charge is -2.11. The number of fused-ring (bicyclic) bond motifs is 1. The Kier molecular flexibility index (Phi) is 6.57. The van der Waals surface area contributed by atoms with Crippen LogP contribution in [0.25, 0.3) is 11.0 Å². The molecule has 0 atom stereocenters. The van der Waals surface area contributed by atoms with Gasteiger partial charge >= 0.3 is 0 Å². The minimum atomic E-state index is -0.104. The maximum absolute atomic E-state index is 12.2. The molecule has 0 aliphatic carbocycles. The molecule has 2 heterocycles. The third-order valence-electron chi connectivity index (χ3n) is 5.12. The molecular weight excluding hydrogens is 388 g/mol. The van der Waals surface area contributed by atoms with Crippen molar-refractivity contribution in [2.45, 2.75) is 26.3 Å². The number of benzene rings is 2. The number of rotatable bonds is 9. The minimum absolute atomic E-state index is 0.104. The van der Waals surface area contributed by atoms with Gasteiger partial charge in [0.05, 0.1) is 23.1 Å². The Labute approximate surface area is 181 Å². The Balaban J connectivity index is 1.36. The first-order valence-corrected chi connectivity index (χ1v) is 10.5. The number of imidazole rings is 1. The lowest BCUT2D eigenvalue weighted by molar-refractivity contribution is 0.0952. The zero-order valence-corrected chi connectivity index (χ0v) is 17.6. The predicted octanol–water partition coefficient (Wildman–Crippen LogP) is 4.18. The molecule has 2 aromatic carbocycles. The molecule has 0 spiro atoms. The maximum atomic E-state index is 12.2. The molecule has 0 aliphatic rings. The van der Waals surface area contributed by atoms with E-state index in [2.05, 4.69) is 27.9 Å². The van der Waals surface area contributed by atoms with E-state index in [1.54, 1.807) is 24.5 Å². The zero-order chi connectivity index (χ0) is 21.5. The number of hydrogen-bond donors (Lipinski definition) is 1. The van der Waals surface area contributed by atoms with Crippen LogP contribution in [0.4, 0.5) is 0 Å². The van der Waals surface area contributed by atoms with Gasteiger partial charge in [0.25, 0.3) is 5.91 Å². The molecule has 0 fully saturated rings. The first kappa shape index (κ1) is 20.6. The van der Waals surface area contributed by atoms with E-state index >= 15 is 0 Å². The standard InChI is InChI=1S/C25H26N4O2/c1-19-10-12-21(13-11-19)31-17-16-29-23-8-3-2-7-22(23)28-24(29)9-5-15-27-25(30)20-6-4-14-26-18-20/h2-4,6-8,10-14,18H,5,9,15-17H2,1H3,(H,27,30). The second-order valence-corrected chi connectivity index (χ2v) is 7.43. The van der Waals surface area contributed by atoms with Crippen molar-refractivity contribution in [2.24, 2.45) is 0 Å². The number of hydrogen-bond acceptors (Lipinski definition) is 4. The predicted molar refractivity (Wildman–Crippen MR) is 121 cm³/mol. The van der Waals surface area contributed by atoms with Crippen molar-refractivity contribution in [2.75, 3.05) is 13.2 Å². The van der Waals surface area contributed by atoms with Crippen LogP contribution in [0.1, 0.15) is 28.2 Å². The summed E-state index contributed by atoms with van der Waals surface area (Å²) in [6, 6.07) is 19.7. The van der Waals surface area contributed by atoms with E-state index in [-0.39, 0.29) is 5.91 Å². The molecule has 0 bridgehead atoms. The van der Waals surface area contributed by atoms with Crippen molar-refractivity contribution in [3.05, 3.63) is 90.0 Å². The van der Waals surface area contributed by atoms with Crippen molar-refractivity contribution in [1.29, 1.82) is 0 Å². The fourth-order valence-corrected chi connectivity index (χ4v) is 3.50. The molecule has 0 saturated carbocycles. The Morgan fingerprint density at radius 2 is 1.90 bits per heavy atom. The van der Waals surface area contributed by atoms with Gasteiger partial charge in [-0.25, -0.2) is 4.98 Å². The molecule has 31 heavy (non-hydrogen) atoms. The summed E-state index contributed by atoms with van der Waals surface area (Å²) in [5.74, 6) is 1.77. The van der Waals surface area contributed by atoms with Gasteiger partial charge in [0.15, 0.2) is 0 Å². The fraction of sp³-hybridized carbons (Fsp3) is 0.240. The van der Waals surface area contributed by atoms with Crippen LogP contribution in [0.5, 0.6) is 5.75 Å². The summed E-state index contributed by atoms with van der Waals surface area (Å²) >= 11 is 0. The average molecular weight is 415 g/mol. The molecule has 4 aromatic rings. The van der Waals surface area contributed by atoms with Crippen LogP contribution in [0.3, 0.4) is 0 Å². The van der Waals surface area contributed by atoms with Gasteiger partial charge in [-0.1, -0.05) is 29.8 Å². The number of carbonyl (C=O) groups excluding carboxylic acids is 1. The largest absolute Gasteiger partial charge is 0.492 e. The van der Waals surface area contributed by atoms with E-state index in [1.807, 2.05) is 42.5 Å². The molecule has 6 heteroatoms. The second-order valence-electron chi connectivity index (χ2n) is 7.43. The first-order valence-electron chi connectivity index (χ1n) is 10.5. The third kappa shape index (κ3) is 5.28.